The van der Waals surface area contributed by atoms with Gasteiger partial charge in [0, 0.05) is 29.4 Å². The minimum Gasteiger partial charge on any atom is -0.390 e. The largest absolute Gasteiger partial charge is 0.390 e. The normalized spacial score (nSPS) is 21.1. The fourth-order valence-electron chi connectivity index (χ4n) is 4.87. The molecule has 10 heteroatoms. The zero-order valence-corrected chi connectivity index (χ0v) is 19.1. The molecule has 5 rings (SSSR count). The lowest BCUT2D eigenvalue weighted by molar-refractivity contribution is -0.00198. The van der Waals surface area contributed by atoms with Crippen LogP contribution >= 0.6 is 0 Å². The Balaban J connectivity index is 1.44. The lowest BCUT2D eigenvalue weighted by atomic mass is 9.80. The molecule has 0 spiro atoms. The smallest absolute Gasteiger partial charge is 0.256 e. The zero-order valence-electron chi connectivity index (χ0n) is 19.1. The highest BCUT2D eigenvalue weighted by Crippen LogP contribution is 2.34. The maximum Gasteiger partial charge on any atom is 0.256 e. The highest BCUT2D eigenvalue weighted by molar-refractivity contribution is 5.96. The van der Waals surface area contributed by atoms with Crippen LogP contribution in [0.1, 0.15) is 44.9 Å². The number of rotatable bonds is 6. The molecule has 0 bridgehead atoms. The number of imidazole rings is 1. The Morgan fingerprint density at radius 2 is 2.03 bits per heavy atom. The number of benzene rings is 1. The van der Waals surface area contributed by atoms with Gasteiger partial charge < -0.3 is 20.0 Å². The van der Waals surface area contributed by atoms with Crippen molar-refractivity contribution in [3.63, 3.8) is 0 Å². The standard InChI is InChI=1S/C24H27F3N6O/c1-3-24(34)6-4-15(5-7-24)31-23-29-11-17-16(10-28-22(17)32-23)14-8-18(25)21-19(9-14)33(12-20(26)27)13(2)30-21/h8-11,15,20,34H,3-7,12H2,1-2H3,(H2,28,29,31,32). The van der Waals surface area contributed by atoms with Gasteiger partial charge in [-0.2, -0.15) is 4.98 Å². The minimum absolute atomic E-state index is 0.0759. The summed E-state index contributed by atoms with van der Waals surface area (Å²) in [5.41, 5.74) is 1.62. The molecular formula is C24H27F3N6O. The summed E-state index contributed by atoms with van der Waals surface area (Å²) in [6, 6.07) is 3.22. The van der Waals surface area contributed by atoms with Gasteiger partial charge in [-0.15, -0.1) is 0 Å². The second-order valence-corrected chi connectivity index (χ2v) is 9.14. The fraction of sp³-hybridized carbons (Fsp3) is 0.458. The summed E-state index contributed by atoms with van der Waals surface area (Å²) in [5, 5.41) is 14.5. The molecule has 34 heavy (non-hydrogen) atoms. The van der Waals surface area contributed by atoms with E-state index in [9.17, 15) is 18.3 Å². The molecule has 3 heterocycles. The first-order valence-electron chi connectivity index (χ1n) is 11.5. The van der Waals surface area contributed by atoms with Crippen molar-refractivity contribution in [3.8, 4) is 11.1 Å². The number of nitrogens with zero attached hydrogens (tertiary/aromatic N) is 4. The highest BCUT2D eigenvalue weighted by Gasteiger charge is 2.31. The number of nitrogens with one attached hydrogen (secondary N) is 2. The van der Waals surface area contributed by atoms with E-state index in [0.29, 0.717) is 39.4 Å². The van der Waals surface area contributed by atoms with E-state index in [2.05, 4.69) is 25.3 Å². The summed E-state index contributed by atoms with van der Waals surface area (Å²) in [7, 11) is 0. The van der Waals surface area contributed by atoms with Crippen LogP contribution in [0.4, 0.5) is 19.1 Å². The van der Waals surface area contributed by atoms with Crippen LogP contribution < -0.4 is 5.32 Å². The van der Waals surface area contributed by atoms with Crippen molar-refractivity contribution in [3.05, 3.63) is 36.2 Å². The second-order valence-electron chi connectivity index (χ2n) is 9.14. The van der Waals surface area contributed by atoms with Crippen molar-refractivity contribution in [1.29, 1.82) is 0 Å². The maximum absolute atomic E-state index is 14.8. The van der Waals surface area contributed by atoms with E-state index in [4.69, 9.17) is 0 Å². The fourth-order valence-corrected chi connectivity index (χ4v) is 4.87. The predicted octanol–water partition coefficient (Wildman–Crippen LogP) is 5.18. The molecule has 7 nitrogen and oxygen atoms in total. The van der Waals surface area contributed by atoms with Crippen molar-refractivity contribution >= 4 is 28.0 Å². The number of halogens is 3. The Morgan fingerprint density at radius 1 is 1.26 bits per heavy atom. The molecule has 1 saturated carbocycles. The molecule has 0 unspecified atom stereocenters. The van der Waals surface area contributed by atoms with Crippen molar-refractivity contribution < 1.29 is 18.3 Å². The third-order valence-electron chi connectivity index (χ3n) is 6.97. The van der Waals surface area contributed by atoms with Crippen LogP contribution in [0.25, 0.3) is 33.2 Å². The zero-order chi connectivity index (χ0) is 24.0. The highest BCUT2D eigenvalue weighted by atomic mass is 19.3. The van der Waals surface area contributed by atoms with Gasteiger partial charge >= 0.3 is 0 Å². The van der Waals surface area contributed by atoms with Gasteiger partial charge in [-0.3, -0.25) is 0 Å². The molecule has 0 radical (unpaired) electrons. The average molecular weight is 473 g/mol. The van der Waals surface area contributed by atoms with Crippen LogP contribution in [0.3, 0.4) is 0 Å². The predicted molar refractivity (Wildman–Crippen MR) is 124 cm³/mol. The summed E-state index contributed by atoms with van der Waals surface area (Å²) in [6.45, 7) is 3.05. The molecule has 0 aliphatic heterocycles. The topological polar surface area (TPSA) is 91.6 Å². The first-order valence-corrected chi connectivity index (χ1v) is 11.5. The monoisotopic (exact) mass is 472 g/mol. The molecule has 0 saturated heterocycles. The number of anilines is 1. The van der Waals surface area contributed by atoms with Gasteiger partial charge in [0.1, 0.15) is 17.0 Å². The summed E-state index contributed by atoms with van der Waals surface area (Å²) in [6.07, 6.45) is 4.73. The van der Waals surface area contributed by atoms with Crippen LogP contribution in [0.2, 0.25) is 0 Å². The maximum atomic E-state index is 14.8. The molecule has 0 atom stereocenters. The number of fused-ring (bicyclic) bond motifs is 2. The quantitative estimate of drug-likeness (QED) is 0.360. The summed E-state index contributed by atoms with van der Waals surface area (Å²) < 4.78 is 42.3. The van der Waals surface area contributed by atoms with E-state index in [-0.39, 0.29) is 11.6 Å². The number of hydrogen-bond acceptors (Lipinski definition) is 5. The number of H-pyrrole nitrogens is 1. The Morgan fingerprint density at radius 3 is 2.74 bits per heavy atom. The van der Waals surface area contributed by atoms with Crippen LogP contribution in [0.15, 0.2) is 24.5 Å². The summed E-state index contributed by atoms with van der Waals surface area (Å²) in [5.74, 6) is 0.256. The van der Waals surface area contributed by atoms with Crippen LogP contribution in [-0.4, -0.2) is 47.7 Å². The first kappa shape index (κ1) is 22.6. The number of aliphatic hydroxyl groups is 1. The molecule has 1 aliphatic carbocycles. The molecule has 3 aromatic heterocycles. The Kier molecular flexibility index (Phi) is 5.71. The van der Waals surface area contributed by atoms with Gasteiger partial charge in [0.2, 0.25) is 5.95 Å². The van der Waals surface area contributed by atoms with Crippen molar-refractivity contribution in [2.24, 2.45) is 0 Å². The molecule has 1 aromatic carbocycles. The summed E-state index contributed by atoms with van der Waals surface area (Å²) >= 11 is 0. The van der Waals surface area contributed by atoms with Crippen molar-refractivity contribution in [2.75, 3.05) is 5.32 Å². The molecule has 1 aliphatic rings. The van der Waals surface area contributed by atoms with Gasteiger partial charge in [-0.1, -0.05) is 6.92 Å². The molecular weight excluding hydrogens is 445 g/mol. The van der Waals surface area contributed by atoms with Gasteiger partial charge in [0.15, 0.2) is 5.82 Å². The third kappa shape index (κ3) is 4.11. The molecule has 4 aromatic rings. The molecule has 1 fully saturated rings. The van der Waals surface area contributed by atoms with E-state index in [1.54, 1.807) is 25.4 Å². The van der Waals surface area contributed by atoms with Crippen LogP contribution in [0, 0.1) is 12.7 Å². The summed E-state index contributed by atoms with van der Waals surface area (Å²) in [4.78, 5) is 16.3. The number of aromatic amines is 1. The minimum atomic E-state index is -2.57. The number of hydrogen-bond donors (Lipinski definition) is 3. The molecule has 3 N–H and O–H groups in total. The lowest BCUT2D eigenvalue weighted by Crippen LogP contribution is -2.38. The van der Waals surface area contributed by atoms with E-state index in [0.717, 1.165) is 32.1 Å². The van der Waals surface area contributed by atoms with Crippen LogP contribution in [-0.2, 0) is 6.54 Å². The van der Waals surface area contributed by atoms with E-state index >= 15 is 0 Å². The van der Waals surface area contributed by atoms with Crippen LogP contribution in [0.5, 0.6) is 0 Å². The molecule has 180 valence electrons. The first-order chi connectivity index (χ1) is 16.3. The Labute approximate surface area is 194 Å². The second kappa shape index (κ2) is 8.57. The van der Waals surface area contributed by atoms with Crippen molar-refractivity contribution in [1.82, 2.24) is 24.5 Å². The van der Waals surface area contributed by atoms with Gasteiger partial charge in [-0.05, 0) is 56.7 Å². The Bertz CT molecular complexity index is 1340. The average Bonchev–Trinajstić information content (AvgIpc) is 3.36. The van der Waals surface area contributed by atoms with E-state index in [1.807, 2.05) is 6.92 Å². The third-order valence-corrected chi connectivity index (χ3v) is 6.97. The number of aromatic nitrogens is 5. The van der Waals surface area contributed by atoms with Gasteiger partial charge in [0.25, 0.3) is 6.43 Å². The van der Waals surface area contributed by atoms with E-state index < -0.39 is 24.4 Å². The number of alkyl halides is 2. The van der Waals surface area contributed by atoms with Crippen molar-refractivity contribution in [2.45, 2.75) is 70.6 Å². The van der Waals surface area contributed by atoms with Gasteiger partial charge in [0.05, 0.1) is 17.7 Å². The number of aryl methyl sites for hydroxylation is 1. The molecule has 0 amide bonds. The SMILES string of the molecule is CCC1(O)CCC(Nc2ncc3c(-c4cc(F)c5nc(C)n(CC(F)F)c5c4)c[nH]c3n2)CC1. The lowest BCUT2D eigenvalue weighted by Gasteiger charge is -2.35. The van der Waals surface area contributed by atoms with E-state index in [1.165, 1.54) is 10.6 Å². The Hall–Kier alpha value is -3.14. The van der Waals surface area contributed by atoms with Gasteiger partial charge in [-0.25, -0.2) is 23.1 Å².